The van der Waals surface area contributed by atoms with E-state index in [1.807, 2.05) is 23.6 Å². The lowest BCUT2D eigenvalue weighted by atomic mass is 9.85. The third-order valence-corrected chi connectivity index (χ3v) is 7.73. The lowest BCUT2D eigenvalue weighted by Gasteiger charge is -2.21. The Kier molecular flexibility index (Phi) is 4.69. The van der Waals surface area contributed by atoms with Crippen LogP contribution in [0.15, 0.2) is 56.8 Å². The third-order valence-electron chi connectivity index (χ3n) is 6.77. The van der Waals surface area contributed by atoms with Crippen LogP contribution in [0.4, 0.5) is 0 Å². The molecule has 0 fully saturated rings. The minimum absolute atomic E-state index is 0.0378. The molecule has 0 aliphatic rings. The highest BCUT2D eigenvalue weighted by atomic mass is 32.1. The molecule has 3 nitrogen and oxygen atoms in total. The Morgan fingerprint density at radius 3 is 2.47 bits per heavy atom. The van der Waals surface area contributed by atoms with Gasteiger partial charge in [0.15, 0.2) is 0 Å². The molecule has 0 saturated carbocycles. The molecule has 0 spiro atoms. The smallest absolute Gasteiger partial charge is 0.139 e. The molecule has 0 aliphatic heterocycles. The summed E-state index contributed by atoms with van der Waals surface area (Å²) in [4.78, 5) is 4.87. The number of aryl methyl sites for hydroxylation is 1. The molecule has 4 heteroatoms. The highest BCUT2D eigenvalue weighted by Crippen LogP contribution is 2.42. The maximum Gasteiger partial charge on any atom is 0.139 e. The van der Waals surface area contributed by atoms with E-state index in [1.165, 1.54) is 21.2 Å². The predicted molar refractivity (Wildman–Crippen MR) is 144 cm³/mol. The zero-order chi connectivity index (χ0) is 23.8. The van der Waals surface area contributed by atoms with Gasteiger partial charge in [0.25, 0.3) is 0 Å². The van der Waals surface area contributed by atoms with Crippen LogP contribution in [0.5, 0.6) is 0 Å². The molecule has 6 rings (SSSR count). The van der Waals surface area contributed by atoms with E-state index < -0.39 is 0 Å². The Balaban J connectivity index is 1.64. The molecule has 0 radical (unpaired) electrons. The number of rotatable bonds is 3. The SMILES string of the molecule is Cc1c(CC(C)C)oc2cc3c(cc12)oc1ccnc(-c2cc(C(C)(C)C)c4sccc4c2)c13. The number of thiophene rings is 1. The van der Waals surface area contributed by atoms with Crippen LogP contribution in [0.2, 0.25) is 0 Å². The van der Waals surface area contributed by atoms with Crippen molar-refractivity contribution < 1.29 is 8.83 Å². The Morgan fingerprint density at radius 1 is 0.941 bits per heavy atom. The van der Waals surface area contributed by atoms with Crippen molar-refractivity contribution in [1.29, 1.82) is 0 Å². The summed E-state index contributed by atoms with van der Waals surface area (Å²) in [5.74, 6) is 1.61. The van der Waals surface area contributed by atoms with Gasteiger partial charge in [0.2, 0.25) is 0 Å². The first kappa shape index (κ1) is 21.4. The van der Waals surface area contributed by atoms with Gasteiger partial charge in [-0.2, -0.15) is 0 Å². The van der Waals surface area contributed by atoms with Crippen LogP contribution in [-0.4, -0.2) is 4.98 Å². The van der Waals surface area contributed by atoms with E-state index in [2.05, 4.69) is 77.3 Å². The average Bonchev–Trinajstić information content (AvgIpc) is 3.46. The molecule has 0 atom stereocenters. The average molecular weight is 468 g/mol. The van der Waals surface area contributed by atoms with E-state index >= 15 is 0 Å². The van der Waals surface area contributed by atoms with Gasteiger partial charge in [-0.3, -0.25) is 4.98 Å². The first-order valence-corrected chi connectivity index (χ1v) is 12.8. The van der Waals surface area contributed by atoms with Crippen molar-refractivity contribution in [3.8, 4) is 11.3 Å². The Bertz CT molecular complexity index is 1710. The molecule has 0 saturated heterocycles. The van der Waals surface area contributed by atoms with Gasteiger partial charge in [0.05, 0.1) is 11.1 Å². The van der Waals surface area contributed by atoms with Crippen molar-refractivity contribution in [2.24, 2.45) is 5.92 Å². The predicted octanol–water partition coefficient (Wildman–Crippen LogP) is 9.41. The maximum atomic E-state index is 6.36. The largest absolute Gasteiger partial charge is 0.461 e. The maximum absolute atomic E-state index is 6.36. The Morgan fingerprint density at radius 2 is 1.71 bits per heavy atom. The van der Waals surface area contributed by atoms with E-state index in [-0.39, 0.29) is 5.41 Å². The molecule has 0 bridgehead atoms. The van der Waals surface area contributed by atoms with Crippen LogP contribution in [0.1, 0.15) is 51.5 Å². The van der Waals surface area contributed by atoms with E-state index in [4.69, 9.17) is 13.8 Å². The topological polar surface area (TPSA) is 39.2 Å². The molecule has 6 aromatic rings. The molecule has 34 heavy (non-hydrogen) atoms. The number of furan rings is 2. The molecule has 0 aliphatic carbocycles. The number of pyridine rings is 1. The zero-order valence-corrected chi connectivity index (χ0v) is 21.4. The van der Waals surface area contributed by atoms with Gasteiger partial charge >= 0.3 is 0 Å². The Labute approximate surface area is 203 Å². The summed E-state index contributed by atoms with van der Waals surface area (Å²) in [5.41, 5.74) is 7.34. The summed E-state index contributed by atoms with van der Waals surface area (Å²) in [6.07, 6.45) is 2.79. The number of hydrogen-bond donors (Lipinski definition) is 0. The third kappa shape index (κ3) is 3.27. The van der Waals surface area contributed by atoms with Crippen LogP contribution in [0.25, 0.3) is 54.3 Å². The summed E-state index contributed by atoms with van der Waals surface area (Å²) in [7, 11) is 0. The van der Waals surface area contributed by atoms with Crippen molar-refractivity contribution in [3.05, 3.63) is 64.9 Å². The van der Waals surface area contributed by atoms with Gasteiger partial charge in [-0.25, -0.2) is 0 Å². The van der Waals surface area contributed by atoms with Gasteiger partial charge in [-0.1, -0.05) is 34.6 Å². The second-order valence-corrected chi connectivity index (χ2v) is 11.8. The second kappa shape index (κ2) is 7.44. The van der Waals surface area contributed by atoms with Crippen LogP contribution < -0.4 is 0 Å². The van der Waals surface area contributed by atoms with Crippen LogP contribution >= 0.6 is 11.3 Å². The van der Waals surface area contributed by atoms with Crippen molar-refractivity contribution in [1.82, 2.24) is 4.98 Å². The van der Waals surface area contributed by atoms with Gasteiger partial charge in [0, 0.05) is 33.7 Å². The fraction of sp³-hybridized carbons (Fsp3) is 0.300. The quantitative estimate of drug-likeness (QED) is 0.260. The van der Waals surface area contributed by atoms with Crippen molar-refractivity contribution in [2.75, 3.05) is 0 Å². The highest BCUT2D eigenvalue weighted by Gasteiger charge is 2.22. The molecular weight excluding hydrogens is 438 g/mol. The highest BCUT2D eigenvalue weighted by molar-refractivity contribution is 7.17. The van der Waals surface area contributed by atoms with E-state index in [1.54, 1.807) is 0 Å². The normalized spacial score (nSPS) is 12.8. The fourth-order valence-electron chi connectivity index (χ4n) is 5.04. The van der Waals surface area contributed by atoms with Crippen LogP contribution in [0.3, 0.4) is 0 Å². The monoisotopic (exact) mass is 467 g/mol. The van der Waals surface area contributed by atoms with Gasteiger partial charge in [-0.15, -0.1) is 11.3 Å². The van der Waals surface area contributed by atoms with Gasteiger partial charge in [-0.05, 0) is 76.5 Å². The lowest BCUT2D eigenvalue weighted by molar-refractivity contribution is 0.496. The summed E-state index contributed by atoms with van der Waals surface area (Å²) in [6.45, 7) is 13.4. The molecule has 0 amide bonds. The Hall–Kier alpha value is -3.11. The minimum Gasteiger partial charge on any atom is -0.461 e. The molecule has 172 valence electrons. The number of aromatic nitrogens is 1. The fourth-order valence-corrected chi connectivity index (χ4v) is 6.15. The summed E-state index contributed by atoms with van der Waals surface area (Å²) < 4.78 is 14.0. The first-order valence-electron chi connectivity index (χ1n) is 12.0. The molecule has 0 unspecified atom stereocenters. The lowest BCUT2D eigenvalue weighted by Crippen LogP contribution is -2.11. The number of benzene rings is 2. The minimum atomic E-state index is 0.0378. The van der Waals surface area contributed by atoms with E-state index in [0.29, 0.717) is 5.92 Å². The van der Waals surface area contributed by atoms with Crippen molar-refractivity contribution >= 4 is 54.3 Å². The molecule has 4 aromatic heterocycles. The molecule has 4 heterocycles. The van der Waals surface area contributed by atoms with E-state index in [9.17, 15) is 0 Å². The summed E-state index contributed by atoms with van der Waals surface area (Å²) in [5, 5.41) is 6.68. The standard InChI is InChI=1S/C30H29NO2S/c1-16(2)11-24-17(3)20-14-26-21(15-25(20)33-24)27-23(32-26)7-9-31-28(27)19-12-18-8-10-34-29(18)22(13-19)30(4,5)6/h7-10,12-16H,11H2,1-6H3. The second-order valence-electron chi connectivity index (χ2n) is 10.8. The zero-order valence-electron chi connectivity index (χ0n) is 20.6. The number of fused-ring (bicyclic) bond motifs is 5. The molecule has 0 N–H and O–H groups in total. The molecule has 2 aromatic carbocycles. The number of nitrogens with zero attached hydrogens (tertiary/aromatic N) is 1. The van der Waals surface area contributed by atoms with Crippen LogP contribution in [-0.2, 0) is 11.8 Å². The summed E-state index contributed by atoms with van der Waals surface area (Å²) >= 11 is 1.81. The van der Waals surface area contributed by atoms with Gasteiger partial charge in [0.1, 0.15) is 22.5 Å². The molecular formula is C30H29NO2S. The summed E-state index contributed by atoms with van der Waals surface area (Å²) in [6, 6.07) is 13.0. The van der Waals surface area contributed by atoms with Crippen LogP contribution in [0, 0.1) is 12.8 Å². The van der Waals surface area contributed by atoms with Crippen molar-refractivity contribution in [3.63, 3.8) is 0 Å². The van der Waals surface area contributed by atoms with E-state index in [0.717, 1.165) is 56.3 Å². The first-order chi connectivity index (χ1) is 16.2. The van der Waals surface area contributed by atoms with Crippen molar-refractivity contribution in [2.45, 2.75) is 53.4 Å². The van der Waals surface area contributed by atoms with Gasteiger partial charge < -0.3 is 8.83 Å². The number of hydrogen-bond acceptors (Lipinski definition) is 4.